The molecule has 0 unspecified atom stereocenters. The van der Waals surface area contributed by atoms with E-state index in [1.54, 1.807) is 18.2 Å². The molecule has 0 atom stereocenters. The third-order valence-corrected chi connectivity index (χ3v) is 3.87. The van der Waals surface area contributed by atoms with Gasteiger partial charge in [-0.15, -0.1) is 0 Å². The smallest absolute Gasteiger partial charge is 0.340 e. The van der Waals surface area contributed by atoms with Crippen molar-refractivity contribution in [3.8, 4) is 0 Å². The molecule has 126 valence electrons. The van der Waals surface area contributed by atoms with Gasteiger partial charge in [-0.25, -0.2) is 13.2 Å². The van der Waals surface area contributed by atoms with Crippen LogP contribution in [0.2, 0.25) is 5.02 Å². The van der Waals surface area contributed by atoms with Crippen LogP contribution in [0, 0.1) is 0 Å². The molecule has 0 spiro atoms. The molecule has 2 rings (SSSR count). The first-order chi connectivity index (χ1) is 11.3. The number of halogens is 1. The Bertz CT molecular complexity index is 862. The first kappa shape index (κ1) is 18.0. The first-order valence-corrected chi connectivity index (χ1v) is 9.06. The molecular formula is C16H14ClNO5S. The Labute approximate surface area is 144 Å². The zero-order valence-corrected chi connectivity index (χ0v) is 14.2. The van der Waals surface area contributed by atoms with Crippen molar-refractivity contribution in [1.82, 2.24) is 0 Å². The third-order valence-electron chi connectivity index (χ3n) is 2.94. The largest absolute Gasteiger partial charge is 0.454 e. The lowest BCUT2D eigenvalue weighted by Crippen LogP contribution is -2.15. The Morgan fingerprint density at radius 2 is 1.71 bits per heavy atom. The van der Waals surface area contributed by atoms with Crippen LogP contribution in [0.3, 0.4) is 0 Å². The molecule has 0 aliphatic heterocycles. The number of carbonyl (C=O) groups is 2. The van der Waals surface area contributed by atoms with Gasteiger partial charge in [0, 0.05) is 11.3 Å². The topological polar surface area (TPSA) is 89.5 Å². The minimum absolute atomic E-state index is 0.180. The van der Waals surface area contributed by atoms with Crippen LogP contribution in [0.1, 0.15) is 20.7 Å². The Kier molecular flexibility index (Phi) is 5.58. The van der Waals surface area contributed by atoms with E-state index in [2.05, 4.69) is 4.72 Å². The third kappa shape index (κ3) is 5.07. The van der Waals surface area contributed by atoms with E-state index in [9.17, 15) is 18.0 Å². The van der Waals surface area contributed by atoms with E-state index >= 15 is 0 Å². The molecule has 0 aromatic heterocycles. The van der Waals surface area contributed by atoms with E-state index in [0.29, 0.717) is 11.3 Å². The van der Waals surface area contributed by atoms with E-state index < -0.39 is 28.4 Å². The number of carbonyl (C=O) groups excluding carboxylic acids is 2. The number of anilines is 1. The van der Waals surface area contributed by atoms with Gasteiger partial charge in [0.1, 0.15) is 0 Å². The van der Waals surface area contributed by atoms with Crippen molar-refractivity contribution in [1.29, 1.82) is 0 Å². The highest BCUT2D eigenvalue weighted by Crippen LogP contribution is 2.16. The van der Waals surface area contributed by atoms with Crippen LogP contribution < -0.4 is 4.72 Å². The summed E-state index contributed by atoms with van der Waals surface area (Å²) in [5.41, 5.74) is 0.808. The van der Waals surface area contributed by atoms with Crippen LogP contribution in [0.5, 0.6) is 0 Å². The fourth-order valence-corrected chi connectivity index (χ4v) is 2.63. The minimum Gasteiger partial charge on any atom is -0.454 e. The van der Waals surface area contributed by atoms with Crippen molar-refractivity contribution in [3.05, 3.63) is 64.7 Å². The van der Waals surface area contributed by atoms with Gasteiger partial charge < -0.3 is 4.74 Å². The molecule has 2 aromatic rings. The molecule has 0 aliphatic carbocycles. The summed E-state index contributed by atoms with van der Waals surface area (Å²) in [5.74, 6) is -1.11. The zero-order valence-electron chi connectivity index (χ0n) is 12.7. The molecule has 8 heteroatoms. The van der Waals surface area contributed by atoms with Gasteiger partial charge in [-0.05, 0) is 36.4 Å². The zero-order chi connectivity index (χ0) is 17.7. The molecule has 2 aromatic carbocycles. The van der Waals surface area contributed by atoms with E-state index in [-0.39, 0.29) is 10.6 Å². The maximum Gasteiger partial charge on any atom is 0.340 e. The molecule has 0 heterocycles. The molecule has 0 bridgehead atoms. The standard InChI is InChI=1S/C16H14ClNO5S/c1-24(21,22)18-12-8-6-11(7-9-12)15(19)10-23-16(20)13-4-2-3-5-14(13)17/h2-9,18H,10H2,1H3. The van der Waals surface area contributed by atoms with Crippen molar-refractivity contribution in [2.45, 2.75) is 0 Å². The van der Waals surface area contributed by atoms with Gasteiger partial charge >= 0.3 is 5.97 Å². The Balaban J connectivity index is 1.98. The molecule has 0 saturated heterocycles. The summed E-state index contributed by atoms with van der Waals surface area (Å²) in [7, 11) is -3.38. The number of ether oxygens (including phenoxy) is 1. The lowest BCUT2D eigenvalue weighted by molar-refractivity contribution is 0.0475. The highest BCUT2D eigenvalue weighted by Gasteiger charge is 2.14. The second kappa shape index (κ2) is 7.46. The number of rotatable bonds is 6. The van der Waals surface area contributed by atoms with Crippen molar-refractivity contribution < 1.29 is 22.7 Å². The lowest BCUT2D eigenvalue weighted by atomic mass is 10.1. The fraction of sp³-hybridized carbons (Fsp3) is 0.125. The van der Waals surface area contributed by atoms with Crippen LogP contribution in [-0.2, 0) is 14.8 Å². The average Bonchev–Trinajstić information content (AvgIpc) is 2.52. The second-order valence-corrected chi connectivity index (χ2v) is 7.09. The molecule has 6 nitrogen and oxygen atoms in total. The van der Waals surface area contributed by atoms with Crippen molar-refractivity contribution in [2.24, 2.45) is 0 Å². The molecule has 0 amide bonds. The van der Waals surface area contributed by atoms with Gasteiger partial charge in [0.05, 0.1) is 16.8 Å². The van der Waals surface area contributed by atoms with Crippen LogP contribution in [-0.4, -0.2) is 33.0 Å². The van der Waals surface area contributed by atoms with Gasteiger partial charge in [0.15, 0.2) is 12.4 Å². The van der Waals surface area contributed by atoms with E-state index in [1.165, 1.54) is 30.3 Å². The molecule has 0 saturated carbocycles. The number of Topliss-reactive ketones (excluding diaryl/α,β-unsaturated/α-hetero) is 1. The average molecular weight is 368 g/mol. The van der Waals surface area contributed by atoms with Crippen LogP contribution in [0.25, 0.3) is 0 Å². The second-order valence-electron chi connectivity index (χ2n) is 4.93. The molecule has 24 heavy (non-hydrogen) atoms. The predicted molar refractivity (Wildman–Crippen MR) is 91.0 cm³/mol. The minimum atomic E-state index is -3.38. The summed E-state index contributed by atoms with van der Waals surface area (Å²) in [6.07, 6.45) is 1.03. The van der Waals surface area contributed by atoms with Crippen LogP contribution in [0.4, 0.5) is 5.69 Å². The lowest BCUT2D eigenvalue weighted by Gasteiger charge is -2.07. The normalized spacial score (nSPS) is 10.9. The maximum atomic E-state index is 12.0. The van der Waals surface area contributed by atoms with E-state index in [0.717, 1.165) is 6.26 Å². The quantitative estimate of drug-likeness (QED) is 0.626. The number of hydrogen-bond donors (Lipinski definition) is 1. The van der Waals surface area contributed by atoms with E-state index in [1.807, 2.05) is 0 Å². The van der Waals surface area contributed by atoms with E-state index in [4.69, 9.17) is 16.3 Å². The first-order valence-electron chi connectivity index (χ1n) is 6.79. The summed E-state index contributed by atoms with van der Waals surface area (Å²) in [6, 6.07) is 12.1. The number of sulfonamides is 1. The summed E-state index contributed by atoms with van der Waals surface area (Å²) in [6.45, 7) is -0.442. The van der Waals surface area contributed by atoms with Gasteiger partial charge in [-0.1, -0.05) is 23.7 Å². The summed E-state index contributed by atoms with van der Waals surface area (Å²) in [4.78, 5) is 23.9. The molecule has 0 aliphatic rings. The monoisotopic (exact) mass is 367 g/mol. The summed E-state index contributed by atoms with van der Waals surface area (Å²) < 4.78 is 29.5. The van der Waals surface area contributed by atoms with Crippen molar-refractivity contribution in [3.63, 3.8) is 0 Å². The van der Waals surface area contributed by atoms with Crippen LogP contribution in [0.15, 0.2) is 48.5 Å². The predicted octanol–water partition coefficient (Wildman–Crippen LogP) is 2.75. The molecule has 0 fully saturated rings. The molecule has 0 radical (unpaired) electrons. The van der Waals surface area contributed by atoms with Gasteiger partial charge in [0.25, 0.3) is 0 Å². The van der Waals surface area contributed by atoms with Gasteiger partial charge in [-0.2, -0.15) is 0 Å². The summed E-state index contributed by atoms with van der Waals surface area (Å²) >= 11 is 5.88. The summed E-state index contributed by atoms with van der Waals surface area (Å²) in [5, 5.41) is 0.242. The Morgan fingerprint density at radius 3 is 2.29 bits per heavy atom. The number of hydrogen-bond acceptors (Lipinski definition) is 5. The Hall–Kier alpha value is -2.38. The van der Waals surface area contributed by atoms with Gasteiger partial charge in [0.2, 0.25) is 10.0 Å². The highest BCUT2D eigenvalue weighted by molar-refractivity contribution is 7.92. The van der Waals surface area contributed by atoms with Crippen molar-refractivity contribution >= 4 is 39.1 Å². The molecule has 1 N–H and O–H groups in total. The Morgan fingerprint density at radius 1 is 1.08 bits per heavy atom. The SMILES string of the molecule is CS(=O)(=O)Nc1ccc(C(=O)COC(=O)c2ccccc2Cl)cc1. The van der Waals surface area contributed by atoms with Gasteiger partial charge in [-0.3, -0.25) is 9.52 Å². The number of esters is 1. The highest BCUT2D eigenvalue weighted by atomic mass is 35.5. The number of nitrogens with one attached hydrogen (secondary N) is 1. The van der Waals surface area contributed by atoms with Crippen molar-refractivity contribution in [2.75, 3.05) is 17.6 Å². The fourth-order valence-electron chi connectivity index (χ4n) is 1.86. The number of benzene rings is 2. The van der Waals surface area contributed by atoms with Crippen LogP contribution >= 0.6 is 11.6 Å². The molecular weight excluding hydrogens is 354 g/mol. The number of ketones is 1. The maximum absolute atomic E-state index is 12.0.